The van der Waals surface area contributed by atoms with E-state index < -0.39 is 11.7 Å². The van der Waals surface area contributed by atoms with Gasteiger partial charge in [0.1, 0.15) is 5.75 Å². The van der Waals surface area contributed by atoms with E-state index in [0.29, 0.717) is 11.3 Å². The minimum Gasteiger partial charge on any atom is -0.508 e. The number of hydrogen-bond acceptors (Lipinski definition) is 3. The molecule has 4 nitrogen and oxygen atoms in total. The monoisotopic (exact) mass is 261 g/mol. The molecular formula is C14H12FNO3. The highest BCUT2D eigenvalue weighted by Crippen LogP contribution is 2.22. The van der Waals surface area contributed by atoms with E-state index >= 15 is 0 Å². The topological polar surface area (TPSA) is 58.6 Å². The summed E-state index contributed by atoms with van der Waals surface area (Å²) in [6.07, 6.45) is 0. The van der Waals surface area contributed by atoms with Crippen molar-refractivity contribution in [1.82, 2.24) is 0 Å². The number of carbonyl (C=O) groups excluding carboxylic acids is 1. The molecular weight excluding hydrogens is 249 g/mol. The highest BCUT2D eigenvalue weighted by Gasteiger charge is 2.09. The molecule has 0 aliphatic carbocycles. The summed E-state index contributed by atoms with van der Waals surface area (Å²) in [4.78, 5) is 11.9. The van der Waals surface area contributed by atoms with Gasteiger partial charge in [0.2, 0.25) is 0 Å². The molecule has 1 amide bonds. The first-order valence-electron chi connectivity index (χ1n) is 5.54. The average Bonchev–Trinajstić information content (AvgIpc) is 2.41. The highest BCUT2D eigenvalue weighted by molar-refractivity contribution is 6.04. The molecule has 0 fully saturated rings. The van der Waals surface area contributed by atoms with E-state index in [1.165, 1.54) is 37.4 Å². The third kappa shape index (κ3) is 3.01. The Bertz CT molecular complexity index is 613. The second-order valence-electron chi connectivity index (χ2n) is 3.85. The fourth-order valence-corrected chi connectivity index (χ4v) is 1.59. The Morgan fingerprint density at radius 1 is 1.26 bits per heavy atom. The number of ether oxygens (including phenoxy) is 1. The lowest BCUT2D eigenvalue weighted by Crippen LogP contribution is -2.11. The molecule has 0 spiro atoms. The number of carbonyl (C=O) groups is 1. The summed E-state index contributed by atoms with van der Waals surface area (Å²) in [6, 6.07) is 9.96. The number of amides is 1. The molecule has 0 aliphatic heterocycles. The van der Waals surface area contributed by atoms with Crippen molar-refractivity contribution in [3.05, 3.63) is 53.8 Å². The van der Waals surface area contributed by atoms with E-state index in [9.17, 15) is 14.3 Å². The number of phenolic OH excluding ortho intramolecular Hbond substituents is 1. The first-order valence-corrected chi connectivity index (χ1v) is 5.54. The number of anilines is 1. The maximum Gasteiger partial charge on any atom is 0.255 e. The van der Waals surface area contributed by atoms with Crippen LogP contribution >= 0.6 is 0 Å². The standard InChI is InChI=1S/C14H12FNO3/c1-19-13-8-10(5-6-12(13)15)16-14(18)9-3-2-4-11(17)7-9/h2-8,17H,1H3,(H,16,18). The smallest absolute Gasteiger partial charge is 0.255 e. The summed E-state index contributed by atoms with van der Waals surface area (Å²) < 4.78 is 18.0. The first-order chi connectivity index (χ1) is 9.10. The van der Waals surface area contributed by atoms with E-state index in [-0.39, 0.29) is 11.5 Å². The molecule has 0 aliphatic rings. The van der Waals surface area contributed by atoms with Crippen LogP contribution in [0.2, 0.25) is 0 Å². The van der Waals surface area contributed by atoms with E-state index in [0.717, 1.165) is 0 Å². The van der Waals surface area contributed by atoms with Gasteiger partial charge in [0, 0.05) is 17.3 Å². The van der Waals surface area contributed by atoms with Gasteiger partial charge in [0.05, 0.1) is 7.11 Å². The molecule has 0 radical (unpaired) electrons. The fourth-order valence-electron chi connectivity index (χ4n) is 1.59. The number of hydrogen-bond donors (Lipinski definition) is 2. The van der Waals surface area contributed by atoms with Gasteiger partial charge in [0.15, 0.2) is 11.6 Å². The van der Waals surface area contributed by atoms with Gasteiger partial charge in [-0.3, -0.25) is 4.79 Å². The predicted octanol–water partition coefficient (Wildman–Crippen LogP) is 2.79. The molecule has 2 aromatic rings. The van der Waals surface area contributed by atoms with Crippen LogP contribution in [0.3, 0.4) is 0 Å². The van der Waals surface area contributed by atoms with Crippen LogP contribution in [0.25, 0.3) is 0 Å². The maximum absolute atomic E-state index is 13.2. The van der Waals surface area contributed by atoms with Crippen molar-refractivity contribution in [3.8, 4) is 11.5 Å². The normalized spacial score (nSPS) is 10.0. The predicted molar refractivity (Wildman–Crippen MR) is 69.0 cm³/mol. The van der Waals surface area contributed by atoms with Crippen molar-refractivity contribution in [2.45, 2.75) is 0 Å². The Kier molecular flexibility index (Phi) is 3.66. The van der Waals surface area contributed by atoms with E-state index in [4.69, 9.17) is 4.74 Å². The van der Waals surface area contributed by atoms with E-state index in [1.807, 2.05) is 0 Å². The van der Waals surface area contributed by atoms with Crippen LogP contribution in [0.1, 0.15) is 10.4 Å². The molecule has 5 heteroatoms. The Hall–Kier alpha value is -2.56. The van der Waals surface area contributed by atoms with E-state index in [1.54, 1.807) is 12.1 Å². The van der Waals surface area contributed by atoms with Gasteiger partial charge in [0.25, 0.3) is 5.91 Å². The molecule has 0 heterocycles. The van der Waals surface area contributed by atoms with Gasteiger partial charge in [-0.15, -0.1) is 0 Å². The summed E-state index contributed by atoms with van der Waals surface area (Å²) in [5.41, 5.74) is 0.717. The summed E-state index contributed by atoms with van der Waals surface area (Å²) in [5, 5.41) is 11.9. The maximum atomic E-state index is 13.2. The van der Waals surface area contributed by atoms with Crippen LogP contribution in [0, 0.1) is 5.82 Å². The molecule has 0 unspecified atom stereocenters. The molecule has 98 valence electrons. The largest absolute Gasteiger partial charge is 0.508 e. The van der Waals surface area contributed by atoms with Crippen molar-refractivity contribution in [2.24, 2.45) is 0 Å². The lowest BCUT2D eigenvalue weighted by Gasteiger charge is -2.08. The Morgan fingerprint density at radius 2 is 2.05 bits per heavy atom. The zero-order valence-electron chi connectivity index (χ0n) is 10.2. The van der Waals surface area contributed by atoms with Crippen molar-refractivity contribution >= 4 is 11.6 Å². The molecule has 19 heavy (non-hydrogen) atoms. The third-order valence-corrected chi connectivity index (χ3v) is 2.52. The number of phenols is 1. The first kappa shape index (κ1) is 12.9. The van der Waals surface area contributed by atoms with Gasteiger partial charge in [-0.25, -0.2) is 4.39 Å². The SMILES string of the molecule is COc1cc(NC(=O)c2cccc(O)c2)ccc1F. The van der Waals surface area contributed by atoms with Crippen LogP contribution in [-0.4, -0.2) is 18.1 Å². The molecule has 0 saturated carbocycles. The highest BCUT2D eigenvalue weighted by atomic mass is 19.1. The van der Waals surface area contributed by atoms with Gasteiger partial charge < -0.3 is 15.2 Å². The third-order valence-electron chi connectivity index (χ3n) is 2.52. The number of rotatable bonds is 3. The van der Waals surface area contributed by atoms with Crippen molar-refractivity contribution in [2.75, 3.05) is 12.4 Å². The van der Waals surface area contributed by atoms with E-state index in [2.05, 4.69) is 5.32 Å². The van der Waals surface area contributed by atoms with Crippen molar-refractivity contribution < 1.29 is 19.0 Å². The second kappa shape index (κ2) is 5.39. The van der Waals surface area contributed by atoms with Crippen LogP contribution < -0.4 is 10.1 Å². The number of methoxy groups -OCH3 is 1. The van der Waals surface area contributed by atoms with Crippen LogP contribution in [0.5, 0.6) is 11.5 Å². The molecule has 0 saturated heterocycles. The quantitative estimate of drug-likeness (QED) is 0.893. The van der Waals surface area contributed by atoms with Gasteiger partial charge >= 0.3 is 0 Å². The van der Waals surface area contributed by atoms with Crippen LogP contribution in [0.4, 0.5) is 10.1 Å². The Labute approximate surface area is 109 Å². The Morgan fingerprint density at radius 3 is 2.74 bits per heavy atom. The minimum atomic E-state index is -0.502. The zero-order valence-corrected chi connectivity index (χ0v) is 10.2. The summed E-state index contributed by atoms with van der Waals surface area (Å²) in [5.74, 6) is -0.847. The number of aromatic hydroxyl groups is 1. The van der Waals surface area contributed by atoms with Crippen LogP contribution in [-0.2, 0) is 0 Å². The fraction of sp³-hybridized carbons (Fsp3) is 0.0714. The van der Waals surface area contributed by atoms with Crippen molar-refractivity contribution in [1.29, 1.82) is 0 Å². The van der Waals surface area contributed by atoms with Crippen LogP contribution in [0.15, 0.2) is 42.5 Å². The molecule has 0 bridgehead atoms. The average molecular weight is 261 g/mol. The molecule has 0 aromatic heterocycles. The number of nitrogens with one attached hydrogen (secondary N) is 1. The minimum absolute atomic E-state index is 0.00402. The second-order valence-corrected chi connectivity index (χ2v) is 3.85. The van der Waals surface area contributed by atoms with Crippen molar-refractivity contribution in [3.63, 3.8) is 0 Å². The molecule has 2 rings (SSSR count). The lowest BCUT2D eigenvalue weighted by atomic mass is 10.2. The Balaban J connectivity index is 2.19. The van der Waals surface area contributed by atoms with Gasteiger partial charge in [-0.1, -0.05) is 6.07 Å². The number of halogens is 1. The molecule has 0 atom stereocenters. The number of benzene rings is 2. The molecule has 2 N–H and O–H groups in total. The lowest BCUT2D eigenvalue weighted by molar-refractivity contribution is 0.102. The zero-order chi connectivity index (χ0) is 13.8. The summed E-state index contributed by atoms with van der Waals surface area (Å²) in [7, 11) is 1.35. The van der Waals surface area contributed by atoms with Gasteiger partial charge in [-0.2, -0.15) is 0 Å². The summed E-state index contributed by atoms with van der Waals surface area (Å²) >= 11 is 0. The van der Waals surface area contributed by atoms with Gasteiger partial charge in [-0.05, 0) is 30.3 Å². The summed E-state index contributed by atoms with van der Waals surface area (Å²) in [6.45, 7) is 0. The molecule has 2 aromatic carbocycles.